The fraction of sp³-hybridized carbons (Fsp3) is 0.200. The lowest BCUT2D eigenvalue weighted by molar-refractivity contribution is -0.701. The second kappa shape index (κ2) is 7.90. The Labute approximate surface area is 186 Å². The Morgan fingerprint density at radius 2 is 1.80 bits per heavy atom. The Morgan fingerprint density at radius 1 is 1.00 bits per heavy atom. The zero-order valence-electron chi connectivity index (χ0n) is 16.4. The van der Waals surface area contributed by atoms with Gasteiger partial charge in [0.1, 0.15) is 0 Å². The molecule has 0 bridgehead atoms. The Bertz CT molecular complexity index is 1160. The molecule has 0 saturated heterocycles. The molecule has 5 rings (SSSR count). The van der Waals surface area contributed by atoms with E-state index in [4.69, 9.17) is 23.2 Å². The highest BCUT2D eigenvalue weighted by molar-refractivity contribution is 6.31. The van der Waals surface area contributed by atoms with E-state index in [0.29, 0.717) is 23.7 Å². The molecule has 5 heteroatoms. The first-order valence-electron chi connectivity index (χ1n) is 10.1. The van der Waals surface area contributed by atoms with Gasteiger partial charge < -0.3 is 4.90 Å². The van der Waals surface area contributed by atoms with Crippen molar-refractivity contribution in [2.75, 3.05) is 13.1 Å². The fourth-order valence-corrected chi connectivity index (χ4v) is 5.05. The van der Waals surface area contributed by atoms with E-state index in [0.717, 1.165) is 18.0 Å². The summed E-state index contributed by atoms with van der Waals surface area (Å²) in [5.74, 6) is 0.227. The van der Waals surface area contributed by atoms with Gasteiger partial charge in [0.2, 0.25) is 0 Å². The molecule has 1 atom stereocenters. The molecule has 3 aromatic rings. The van der Waals surface area contributed by atoms with Gasteiger partial charge in [-0.2, -0.15) is 0 Å². The molecule has 150 valence electrons. The summed E-state index contributed by atoms with van der Waals surface area (Å²) in [4.78, 5) is 15.2. The van der Waals surface area contributed by atoms with Crippen LogP contribution in [-0.4, -0.2) is 23.9 Å². The summed E-state index contributed by atoms with van der Waals surface area (Å²) in [7, 11) is 0. The summed E-state index contributed by atoms with van der Waals surface area (Å²) in [5, 5.41) is 1.34. The number of hydrogen-bond donors (Lipinski definition) is 0. The van der Waals surface area contributed by atoms with Crippen LogP contribution < -0.4 is 4.57 Å². The maximum atomic E-state index is 13.3. The molecule has 1 unspecified atom stereocenters. The first-order valence-corrected chi connectivity index (χ1v) is 10.8. The van der Waals surface area contributed by atoms with Crippen molar-refractivity contribution in [1.82, 2.24) is 4.90 Å². The predicted octanol–water partition coefficient (Wildman–Crippen LogP) is 5.06. The fourth-order valence-electron chi connectivity index (χ4n) is 4.69. The van der Waals surface area contributed by atoms with Gasteiger partial charge in [-0.1, -0.05) is 41.4 Å². The molecule has 0 N–H and O–H groups in total. The Hall–Kier alpha value is -2.62. The number of aromatic nitrogens is 1. The van der Waals surface area contributed by atoms with Crippen LogP contribution in [0.5, 0.6) is 0 Å². The summed E-state index contributed by atoms with van der Waals surface area (Å²) in [6, 6.07) is 19.4. The van der Waals surface area contributed by atoms with Gasteiger partial charge in [0.15, 0.2) is 18.9 Å². The number of benzene rings is 2. The van der Waals surface area contributed by atoms with E-state index in [1.807, 2.05) is 41.3 Å². The molecule has 3 nitrogen and oxygen atoms in total. The molecule has 0 radical (unpaired) electrons. The second-order valence-corrected chi connectivity index (χ2v) is 8.83. The van der Waals surface area contributed by atoms with Gasteiger partial charge in [0.25, 0.3) is 5.91 Å². The highest BCUT2D eigenvalue weighted by Crippen LogP contribution is 2.42. The molecule has 0 spiro atoms. The number of nitrogens with zero attached hydrogens (tertiary/aromatic N) is 2. The molecule has 1 aliphatic carbocycles. The minimum absolute atomic E-state index is 0.0288. The molecule has 1 aromatic heterocycles. The zero-order chi connectivity index (χ0) is 20.7. The Kier molecular flexibility index (Phi) is 5.10. The van der Waals surface area contributed by atoms with Gasteiger partial charge in [-0.05, 0) is 59.0 Å². The largest absolute Gasteiger partial charge is 0.334 e. The third-order valence-corrected chi connectivity index (χ3v) is 6.42. The SMILES string of the molecule is O=C(c1cccc(Cl)c1)N1CC2=C(c3cc(Cl)ccc3C2)C(C[n+]2ccccc2)C1. The molecule has 2 aromatic carbocycles. The van der Waals surface area contributed by atoms with E-state index < -0.39 is 0 Å². The Morgan fingerprint density at radius 3 is 2.60 bits per heavy atom. The lowest BCUT2D eigenvalue weighted by Crippen LogP contribution is -2.46. The van der Waals surface area contributed by atoms with Crippen molar-refractivity contribution in [3.63, 3.8) is 0 Å². The number of carbonyl (C=O) groups excluding carboxylic acids is 1. The molecule has 1 aliphatic heterocycles. The van der Waals surface area contributed by atoms with Crippen LogP contribution in [0.3, 0.4) is 0 Å². The quantitative estimate of drug-likeness (QED) is 0.527. The molecule has 1 amide bonds. The minimum Gasteiger partial charge on any atom is -0.334 e. The summed E-state index contributed by atoms with van der Waals surface area (Å²) in [6.07, 6.45) is 5.02. The molecular weight excluding hydrogens is 415 g/mol. The lowest BCUT2D eigenvalue weighted by atomic mass is 9.88. The smallest absolute Gasteiger partial charge is 0.254 e. The molecule has 2 heterocycles. The van der Waals surface area contributed by atoms with Gasteiger partial charge >= 0.3 is 0 Å². The predicted molar refractivity (Wildman–Crippen MR) is 120 cm³/mol. The van der Waals surface area contributed by atoms with Gasteiger partial charge in [0, 0.05) is 40.8 Å². The molecule has 0 fully saturated rings. The summed E-state index contributed by atoms with van der Waals surface area (Å²) >= 11 is 12.5. The van der Waals surface area contributed by atoms with Crippen molar-refractivity contribution in [2.45, 2.75) is 13.0 Å². The first-order chi connectivity index (χ1) is 14.6. The summed E-state index contributed by atoms with van der Waals surface area (Å²) < 4.78 is 2.19. The minimum atomic E-state index is 0.0288. The number of pyridine rings is 1. The van der Waals surface area contributed by atoms with E-state index in [1.54, 1.807) is 12.1 Å². The average molecular weight is 436 g/mol. The number of hydrogen-bond acceptors (Lipinski definition) is 1. The molecular formula is C25H21Cl2N2O+. The van der Waals surface area contributed by atoms with Crippen LogP contribution in [0.25, 0.3) is 5.57 Å². The summed E-state index contributed by atoms with van der Waals surface area (Å²) in [6.45, 7) is 2.12. The standard InChI is InChI=1S/C25H21Cl2N2O/c26-21-6-4-5-18(12-21)25(30)29-15-19-11-17-7-8-22(27)13-23(17)24(19)20(16-29)14-28-9-2-1-3-10-28/h1-10,12-13,20H,11,14-16H2/q+1. The van der Waals surface area contributed by atoms with Gasteiger partial charge in [-0.25, -0.2) is 4.57 Å². The van der Waals surface area contributed by atoms with Crippen LogP contribution in [0.15, 0.2) is 78.6 Å². The van der Waals surface area contributed by atoms with Crippen LogP contribution >= 0.6 is 23.2 Å². The molecule has 0 saturated carbocycles. The third-order valence-electron chi connectivity index (χ3n) is 5.94. The summed E-state index contributed by atoms with van der Waals surface area (Å²) in [5.41, 5.74) is 5.85. The number of fused-ring (bicyclic) bond motifs is 2. The first kappa shape index (κ1) is 19.3. The molecule has 2 aliphatic rings. The van der Waals surface area contributed by atoms with Crippen molar-refractivity contribution in [2.24, 2.45) is 5.92 Å². The number of amides is 1. The number of halogens is 2. The van der Waals surface area contributed by atoms with E-state index in [2.05, 4.69) is 29.1 Å². The van der Waals surface area contributed by atoms with Crippen LogP contribution in [0.4, 0.5) is 0 Å². The van der Waals surface area contributed by atoms with Crippen LogP contribution in [-0.2, 0) is 13.0 Å². The second-order valence-electron chi connectivity index (χ2n) is 7.96. The van der Waals surface area contributed by atoms with Crippen molar-refractivity contribution < 1.29 is 9.36 Å². The normalized spacial score (nSPS) is 17.7. The lowest BCUT2D eigenvalue weighted by Gasteiger charge is -2.33. The van der Waals surface area contributed by atoms with Crippen LogP contribution in [0.2, 0.25) is 10.0 Å². The van der Waals surface area contributed by atoms with E-state index in [9.17, 15) is 4.79 Å². The highest BCUT2D eigenvalue weighted by atomic mass is 35.5. The van der Waals surface area contributed by atoms with E-state index in [-0.39, 0.29) is 11.8 Å². The number of rotatable bonds is 3. The van der Waals surface area contributed by atoms with E-state index >= 15 is 0 Å². The van der Waals surface area contributed by atoms with Crippen molar-refractivity contribution in [3.8, 4) is 0 Å². The zero-order valence-corrected chi connectivity index (χ0v) is 17.9. The molecule has 30 heavy (non-hydrogen) atoms. The Balaban J connectivity index is 1.52. The topological polar surface area (TPSA) is 24.2 Å². The van der Waals surface area contributed by atoms with E-state index in [1.165, 1.54) is 22.3 Å². The van der Waals surface area contributed by atoms with Crippen LogP contribution in [0, 0.1) is 5.92 Å². The van der Waals surface area contributed by atoms with Crippen LogP contribution in [0.1, 0.15) is 21.5 Å². The maximum Gasteiger partial charge on any atom is 0.254 e. The van der Waals surface area contributed by atoms with Crippen molar-refractivity contribution in [1.29, 1.82) is 0 Å². The van der Waals surface area contributed by atoms with Gasteiger partial charge in [0.05, 0.1) is 5.92 Å². The van der Waals surface area contributed by atoms with Gasteiger partial charge in [-0.3, -0.25) is 4.79 Å². The number of carbonyl (C=O) groups is 1. The van der Waals surface area contributed by atoms with Crippen molar-refractivity contribution in [3.05, 3.63) is 105 Å². The van der Waals surface area contributed by atoms with Gasteiger partial charge in [-0.15, -0.1) is 0 Å². The maximum absolute atomic E-state index is 13.3. The monoisotopic (exact) mass is 435 g/mol. The average Bonchev–Trinajstić information content (AvgIpc) is 3.12. The third kappa shape index (κ3) is 3.64. The van der Waals surface area contributed by atoms with Crippen molar-refractivity contribution >= 4 is 34.7 Å². The highest BCUT2D eigenvalue weighted by Gasteiger charge is 2.37.